The summed E-state index contributed by atoms with van der Waals surface area (Å²) in [5.74, 6) is 2.09. The smallest absolute Gasteiger partial charge is 0.277 e. The summed E-state index contributed by atoms with van der Waals surface area (Å²) in [5.41, 5.74) is 3.43. The molecule has 0 aliphatic carbocycles. The third-order valence-electron chi connectivity index (χ3n) is 3.45. The molecule has 1 heterocycles. The maximum Gasteiger partial charge on any atom is 0.277 e. The number of hydrogen-bond donors (Lipinski definition) is 0. The van der Waals surface area contributed by atoms with Crippen LogP contribution in [0.25, 0.3) is 0 Å². The largest absolute Gasteiger partial charge is 0.484 e. The van der Waals surface area contributed by atoms with Crippen molar-refractivity contribution in [2.45, 2.75) is 31.4 Å². The van der Waals surface area contributed by atoms with Gasteiger partial charge < -0.3 is 9.15 Å². The number of halogens is 1. The Labute approximate surface area is 153 Å². The summed E-state index contributed by atoms with van der Waals surface area (Å²) in [7, 11) is 0. The highest BCUT2D eigenvalue weighted by Crippen LogP contribution is 2.26. The average Bonchev–Trinajstić information content (AvgIpc) is 3.03. The van der Waals surface area contributed by atoms with E-state index in [9.17, 15) is 0 Å². The van der Waals surface area contributed by atoms with E-state index >= 15 is 0 Å². The van der Waals surface area contributed by atoms with Gasteiger partial charge in [-0.05, 0) is 42.7 Å². The highest BCUT2D eigenvalue weighted by molar-refractivity contribution is 9.10. The molecule has 0 N–H and O–H groups in total. The van der Waals surface area contributed by atoms with Crippen molar-refractivity contribution in [3.63, 3.8) is 0 Å². The summed E-state index contributed by atoms with van der Waals surface area (Å²) in [5, 5.41) is 8.65. The predicted octanol–water partition coefficient (Wildman–Crippen LogP) is 5.32. The molecule has 0 atom stereocenters. The highest BCUT2D eigenvalue weighted by atomic mass is 79.9. The van der Waals surface area contributed by atoms with E-state index in [0.29, 0.717) is 11.1 Å². The first kappa shape index (κ1) is 17.0. The van der Waals surface area contributed by atoms with Crippen LogP contribution in [0, 0.1) is 13.8 Å². The Balaban J connectivity index is 1.57. The van der Waals surface area contributed by atoms with E-state index in [2.05, 4.69) is 38.3 Å². The molecule has 0 aliphatic heterocycles. The normalized spacial score (nSPS) is 10.8. The third kappa shape index (κ3) is 4.39. The molecule has 0 saturated carbocycles. The highest BCUT2D eigenvalue weighted by Gasteiger charge is 2.09. The van der Waals surface area contributed by atoms with Crippen LogP contribution in [-0.4, -0.2) is 10.2 Å². The molecule has 3 rings (SSSR count). The second-order valence-corrected chi connectivity index (χ2v) is 7.18. The fourth-order valence-electron chi connectivity index (χ4n) is 2.11. The van der Waals surface area contributed by atoms with Crippen molar-refractivity contribution in [1.82, 2.24) is 10.2 Å². The van der Waals surface area contributed by atoms with Crippen LogP contribution < -0.4 is 4.74 Å². The van der Waals surface area contributed by atoms with Crippen LogP contribution in [0.2, 0.25) is 0 Å². The van der Waals surface area contributed by atoms with E-state index in [0.717, 1.165) is 27.1 Å². The number of thioether (sulfide) groups is 1. The fourth-order valence-corrected chi connectivity index (χ4v) is 3.51. The first-order chi connectivity index (χ1) is 11.6. The molecule has 24 heavy (non-hydrogen) atoms. The topological polar surface area (TPSA) is 48.2 Å². The summed E-state index contributed by atoms with van der Waals surface area (Å²) in [6, 6.07) is 14.2. The summed E-state index contributed by atoms with van der Waals surface area (Å²) < 4.78 is 12.5. The van der Waals surface area contributed by atoms with Gasteiger partial charge in [0.1, 0.15) is 5.75 Å². The van der Waals surface area contributed by atoms with Crippen molar-refractivity contribution < 1.29 is 9.15 Å². The van der Waals surface area contributed by atoms with Gasteiger partial charge in [0.2, 0.25) is 0 Å². The van der Waals surface area contributed by atoms with E-state index in [1.165, 1.54) is 17.3 Å². The van der Waals surface area contributed by atoms with Crippen LogP contribution >= 0.6 is 27.7 Å². The molecule has 4 nitrogen and oxygen atoms in total. The van der Waals surface area contributed by atoms with Crippen LogP contribution in [0.5, 0.6) is 5.75 Å². The molecule has 0 spiro atoms. The minimum atomic E-state index is 0.271. The standard InChI is InChI=1S/C18H17BrN2O2S/c1-12-7-8-13(2)16(9-12)22-10-17-20-21-18(23-17)24-11-14-5-3-4-6-15(14)19/h3-9H,10-11H2,1-2H3. The van der Waals surface area contributed by atoms with Gasteiger partial charge in [0.25, 0.3) is 11.1 Å². The lowest BCUT2D eigenvalue weighted by Gasteiger charge is -2.07. The Kier molecular flexibility index (Phi) is 5.58. The number of aryl methyl sites for hydroxylation is 2. The number of ether oxygens (including phenoxy) is 1. The third-order valence-corrected chi connectivity index (χ3v) is 5.09. The number of aromatic nitrogens is 2. The van der Waals surface area contributed by atoms with Crippen molar-refractivity contribution in [2.75, 3.05) is 0 Å². The number of nitrogens with zero attached hydrogens (tertiary/aromatic N) is 2. The number of hydrogen-bond acceptors (Lipinski definition) is 5. The Morgan fingerprint density at radius 3 is 2.79 bits per heavy atom. The molecule has 3 aromatic rings. The zero-order valence-corrected chi connectivity index (χ0v) is 15.9. The molecule has 0 unspecified atom stereocenters. The summed E-state index contributed by atoms with van der Waals surface area (Å²) in [6.07, 6.45) is 0. The van der Waals surface area contributed by atoms with Crippen LogP contribution in [0.15, 0.2) is 56.6 Å². The zero-order chi connectivity index (χ0) is 16.9. The monoisotopic (exact) mass is 404 g/mol. The predicted molar refractivity (Wildman–Crippen MR) is 98.2 cm³/mol. The number of benzene rings is 2. The van der Waals surface area contributed by atoms with Gasteiger partial charge in [0.05, 0.1) is 0 Å². The molecule has 0 bridgehead atoms. The maximum atomic E-state index is 5.79. The molecule has 0 amide bonds. The second kappa shape index (κ2) is 7.85. The van der Waals surface area contributed by atoms with Crippen LogP contribution in [-0.2, 0) is 12.4 Å². The van der Waals surface area contributed by atoms with E-state index in [4.69, 9.17) is 9.15 Å². The van der Waals surface area contributed by atoms with Crippen LogP contribution in [0.3, 0.4) is 0 Å². The second-order valence-electron chi connectivity index (χ2n) is 5.40. The molecule has 124 valence electrons. The average molecular weight is 405 g/mol. The van der Waals surface area contributed by atoms with E-state index in [-0.39, 0.29) is 6.61 Å². The van der Waals surface area contributed by atoms with Crippen molar-refractivity contribution in [3.8, 4) is 5.75 Å². The van der Waals surface area contributed by atoms with Gasteiger partial charge in [-0.15, -0.1) is 10.2 Å². The van der Waals surface area contributed by atoms with Crippen molar-refractivity contribution >= 4 is 27.7 Å². The van der Waals surface area contributed by atoms with E-state index in [1.807, 2.05) is 44.2 Å². The molecular weight excluding hydrogens is 388 g/mol. The molecule has 6 heteroatoms. The molecule has 1 aromatic heterocycles. The van der Waals surface area contributed by atoms with Gasteiger partial charge in [-0.3, -0.25) is 0 Å². The van der Waals surface area contributed by atoms with Gasteiger partial charge in [-0.25, -0.2) is 0 Å². The van der Waals surface area contributed by atoms with Gasteiger partial charge in [0.15, 0.2) is 6.61 Å². The Morgan fingerprint density at radius 2 is 1.96 bits per heavy atom. The van der Waals surface area contributed by atoms with Gasteiger partial charge in [-0.1, -0.05) is 58.0 Å². The molecule has 0 fully saturated rings. The fraction of sp³-hybridized carbons (Fsp3) is 0.222. The van der Waals surface area contributed by atoms with Crippen molar-refractivity contribution in [2.24, 2.45) is 0 Å². The minimum Gasteiger partial charge on any atom is -0.484 e. The summed E-state index contributed by atoms with van der Waals surface area (Å²) in [4.78, 5) is 0. The molecule has 0 radical (unpaired) electrons. The first-order valence-corrected chi connectivity index (χ1v) is 9.28. The van der Waals surface area contributed by atoms with Crippen LogP contribution in [0.1, 0.15) is 22.6 Å². The van der Waals surface area contributed by atoms with Gasteiger partial charge >= 0.3 is 0 Å². The Bertz CT molecular complexity index is 835. The lowest BCUT2D eigenvalue weighted by molar-refractivity contribution is 0.250. The Morgan fingerprint density at radius 1 is 1.12 bits per heavy atom. The molecule has 0 aliphatic rings. The summed E-state index contributed by atoms with van der Waals surface area (Å²) in [6.45, 7) is 4.32. The SMILES string of the molecule is Cc1ccc(C)c(OCc2nnc(SCc3ccccc3Br)o2)c1. The van der Waals surface area contributed by atoms with Gasteiger partial charge in [-0.2, -0.15) is 0 Å². The van der Waals surface area contributed by atoms with Crippen LogP contribution in [0.4, 0.5) is 0 Å². The molecule has 2 aromatic carbocycles. The lowest BCUT2D eigenvalue weighted by atomic mass is 10.1. The minimum absolute atomic E-state index is 0.271. The zero-order valence-electron chi connectivity index (χ0n) is 13.5. The molecular formula is C18H17BrN2O2S. The quantitative estimate of drug-likeness (QED) is 0.520. The van der Waals surface area contributed by atoms with Crippen molar-refractivity contribution in [3.05, 3.63) is 69.5 Å². The number of rotatable bonds is 6. The summed E-state index contributed by atoms with van der Waals surface area (Å²) >= 11 is 5.05. The van der Waals surface area contributed by atoms with Crippen molar-refractivity contribution in [1.29, 1.82) is 0 Å². The maximum absolute atomic E-state index is 5.79. The lowest BCUT2D eigenvalue weighted by Crippen LogP contribution is -1.97. The van der Waals surface area contributed by atoms with E-state index in [1.54, 1.807) is 0 Å². The molecule has 0 saturated heterocycles. The van der Waals surface area contributed by atoms with Gasteiger partial charge in [0, 0.05) is 10.2 Å². The van der Waals surface area contributed by atoms with E-state index < -0.39 is 0 Å². The first-order valence-electron chi connectivity index (χ1n) is 7.50. The Hall–Kier alpha value is -1.79.